The van der Waals surface area contributed by atoms with Crippen LogP contribution in [0.15, 0.2) is 22.6 Å². The Bertz CT molecular complexity index is 651. The van der Waals surface area contributed by atoms with Crippen LogP contribution >= 0.6 is 0 Å². The SMILES string of the molecule is CCc1nnc(CN2CCc3cc(C(=O)O)ccc32)o1. The number of hydrogen-bond acceptors (Lipinski definition) is 5. The number of anilines is 1. The lowest BCUT2D eigenvalue weighted by atomic mass is 10.1. The highest BCUT2D eigenvalue weighted by atomic mass is 16.4. The normalized spacial score (nSPS) is 13.6. The van der Waals surface area contributed by atoms with Crippen LogP contribution < -0.4 is 4.90 Å². The van der Waals surface area contributed by atoms with Gasteiger partial charge in [0.15, 0.2) is 0 Å². The van der Waals surface area contributed by atoms with E-state index in [9.17, 15) is 4.79 Å². The van der Waals surface area contributed by atoms with Gasteiger partial charge in [0.2, 0.25) is 11.8 Å². The van der Waals surface area contributed by atoms with Crippen LogP contribution in [0.3, 0.4) is 0 Å². The molecular formula is C14H15N3O3. The summed E-state index contributed by atoms with van der Waals surface area (Å²) in [6.07, 6.45) is 1.57. The zero-order valence-electron chi connectivity index (χ0n) is 11.2. The molecule has 0 bridgehead atoms. The fourth-order valence-corrected chi connectivity index (χ4v) is 2.43. The van der Waals surface area contributed by atoms with E-state index in [-0.39, 0.29) is 0 Å². The number of nitrogens with zero attached hydrogens (tertiary/aromatic N) is 3. The average Bonchev–Trinajstić information content (AvgIpc) is 3.06. The molecule has 0 atom stereocenters. The number of carboxylic acid groups (broad SMARTS) is 1. The molecule has 1 aromatic carbocycles. The first kappa shape index (κ1) is 12.7. The molecule has 6 nitrogen and oxygen atoms in total. The Kier molecular flexibility index (Phi) is 3.14. The lowest BCUT2D eigenvalue weighted by Gasteiger charge is -2.16. The average molecular weight is 273 g/mol. The second kappa shape index (κ2) is 4.96. The fourth-order valence-electron chi connectivity index (χ4n) is 2.43. The number of hydrogen-bond donors (Lipinski definition) is 1. The van der Waals surface area contributed by atoms with Gasteiger partial charge in [0.1, 0.15) is 0 Å². The third kappa shape index (κ3) is 2.24. The molecule has 6 heteroatoms. The molecule has 0 saturated carbocycles. The van der Waals surface area contributed by atoms with Crippen molar-refractivity contribution in [1.29, 1.82) is 0 Å². The van der Waals surface area contributed by atoms with Crippen LogP contribution in [0.1, 0.15) is 34.6 Å². The van der Waals surface area contributed by atoms with Gasteiger partial charge in [0, 0.05) is 18.7 Å². The Hall–Kier alpha value is -2.37. The molecule has 0 unspecified atom stereocenters. The standard InChI is InChI=1S/C14H15N3O3/c1-2-12-15-16-13(20-12)8-17-6-5-9-7-10(14(18)19)3-4-11(9)17/h3-4,7H,2,5-6,8H2,1H3,(H,18,19). The van der Waals surface area contributed by atoms with Crippen molar-refractivity contribution in [3.05, 3.63) is 41.1 Å². The summed E-state index contributed by atoms with van der Waals surface area (Å²) in [6, 6.07) is 5.22. The zero-order chi connectivity index (χ0) is 14.1. The summed E-state index contributed by atoms with van der Waals surface area (Å²) in [4.78, 5) is 13.1. The molecule has 104 valence electrons. The molecule has 0 radical (unpaired) electrons. The molecule has 1 aliphatic heterocycles. The van der Waals surface area contributed by atoms with E-state index < -0.39 is 5.97 Å². The number of carboxylic acids is 1. The minimum Gasteiger partial charge on any atom is -0.478 e. The number of carbonyl (C=O) groups is 1. The highest BCUT2D eigenvalue weighted by Gasteiger charge is 2.22. The number of benzene rings is 1. The van der Waals surface area contributed by atoms with Crippen molar-refractivity contribution in [3.8, 4) is 0 Å². The van der Waals surface area contributed by atoms with Gasteiger partial charge in [-0.3, -0.25) is 0 Å². The van der Waals surface area contributed by atoms with Crippen molar-refractivity contribution in [2.45, 2.75) is 26.3 Å². The molecule has 3 rings (SSSR count). The van der Waals surface area contributed by atoms with Crippen molar-refractivity contribution in [3.63, 3.8) is 0 Å². The van der Waals surface area contributed by atoms with Crippen molar-refractivity contribution in [2.24, 2.45) is 0 Å². The lowest BCUT2D eigenvalue weighted by molar-refractivity contribution is 0.0697. The molecule has 0 saturated heterocycles. The monoisotopic (exact) mass is 273 g/mol. The summed E-state index contributed by atoms with van der Waals surface area (Å²) in [5.41, 5.74) is 2.43. The molecule has 0 aliphatic carbocycles. The van der Waals surface area contributed by atoms with Crippen LogP contribution in [0.5, 0.6) is 0 Å². The Morgan fingerprint density at radius 1 is 1.40 bits per heavy atom. The number of aryl methyl sites for hydroxylation is 1. The Labute approximate surface area is 116 Å². The van der Waals surface area contributed by atoms with E-state index in [1.807, 2.05) is 13.0 Å². The second-order valence-electron chi connectivity index (χ2n) is 4.76. The van der Waals surface area contributed by atoms with E-state index in [2.05, 4.69) is 15.1 Å². The largest absolute Gasteiger partial charge is 0.478 e. The second-order valence-corrected chi connectivity index (χ2v) is 4.76. The Balaban J connectivity index is 1.80. The van der Waals surface area contributed by atoms with E-state index >= 15 is 0 Å². The molecule has 1 aromatic heterocycles. The molecule has 1 aliphatic rings. The van der Waals surface area contributed by atoms with Gasteiger partial charge >= 0.3 is 5.97 Å². The number of rotatable bonds is 4. The minimum absolute atomic E-state index is 0.330. The van der Waals surface area contributed by atoms with Gasteiger partial charge in [0.25, 0.3) is 0 Å². The van der Waals surface area contributed by atoms with E-state index in [4.69, 9.17) is 9.52 Å². The predicted octanol–water partition coefficient (Wildman–Crippen LogP) is 1.89. The number of aromatic carboxylic acids is 1. The fraction of sp³-hybridized carbons (Fsp3) is 0.357. The lowest BCUT2D eigenvalue weighted by Crippen LogP contribution is -2.19. The minimum atomic E-state index is -0.893. The highest BCUT2D eigenvalue weighted by Crippen LogP contribution is 2.30. The summed E-state index contributed by atoms with van der Waals surface area (Å²) in [7, 11) is 0. The van der Waals surface area contributed by atoms with Crippen molar-refractivity contribution < 1.29 is 14.3 Å². The molecule has 2 aromatic rings. The van der Waals surface area contributed by atoms with Crippen molar-refractivity contribution in [1.82, 2.24) is 10.2 Å². The van der Waals surface area contributed by atoms with E-state index in [1.54, 1.807) is 12.1 Å². The summed E-state index contributed by atoms with van der Waals surface area (Å²) >= 11 is 0. The van der Waals surface area contributed by atoms with Gasteiger partial charge in [-0.25, -0.2) is 4.79 Å². The van der Waals surface area contributed by atoms with Gasteiger partial charge in [0.05, 0.1) is 12.1 Å². The van der Waals surface area contributed by atoms with Gasteiger partial charge in [-0.05, 0) is 30.2 Å². The van der Waals surface area contributed by atoms with Crippen LogP contribution in [0.4, 0.5) is 5.69 Å². The smallest absolute Gasteiger partial charge is 0.335 e. The van der Waals surface area contributed by atoms with E-state index in [0.717, 1.165) is 30.6 Å². The molecule has 0 amide bonds. The summed E-state index contributed by atoms with van der Waals surface area (Å²) in [5.74, 6) is 0.341. The maximum absolute atomic E-state index is 11.0. The van der Waals surface area contributed by atoms with Gasteiger partial charge in [-0.2, -0.15) is 0 Å². The maximum atomic E-state index is 11.0. The Morgan fingerprint density at radius 3 is 2.90 bits per heavy atom. The highest BCUT2D eigenvalue weighted by molar-refractivity contribution is 5.88. The van der Waals surface area contributed by atoms with Gasteiger partial charge in [-0.15, -0.1) is 10.2 Å². The molecule has 0 spiro atoms. The van der Waals surface area contributed by atoms with Crippen LogP contribution in [-0.4, -0.2) is 27.8 Å². The number of aromatic nitrogens is 2. The third-order valence-electron chi connectivity index (χ3n) is 3.46. The van der Waals surface area contributed by atoms with E-state index in [0.29, 0.717) is 23.9 Å². The Morgan fingerprint density at radius 2 is 2.20 bits per heavy atom. The van der Waals surface area contributed by atoms with Gasteiger partial charge in [-0.1, -0.05) is 6.92 Å². The van der Waals surface area contributed by atoms with Crippen LogP contribution in [0.2, 0.25) is 0 Å². The topological polar surface area (TPSA) is 79.5 Å². The first-order valence-corrected chi connectivity index (χ1v) is 6.60. The molecule has 2 heterocycles. The predicted molar refractivity (Wildman–Crippen MR) is 71.8 cm³/mol. The first-order chi connectivity index (χ1) is 9.67. The van der Waals surface area contributed by atoms with Crippen LogP contribution in [-0.2, 0) is 19.4 Å². The zero-order valence-corrected chi connectivity index (χ0v) is 11.2. The first-order valence-electron chi connectivity index (χ1n) is 6.60. The summed E-state index contributed by atoms with van der Waals surface area (Å²) < 4.78 is 5.51. The summed E-state index contributed by atoms with van der Waals surface area (Å²) in [6.45, 7) is 3.37. The molecular weight excluding hydrogens is 258 g/mol. The number of fused-ring (bicyclic) bond motifs is 1. The summed E-state index contributed by atoms with van der Waals surface area (Å²) in [5, 5.41) is 17.0. The van der Waals surface area contributed by atoms with Crippen LogP contribution in [0, 0.1) is 0 Å². The van der Waals surface area contributed by atoms with Crippen molar-refractivity contribution >= 4 is 11.7 Å². The quantitative estimate of drug-likeness (QED) is 0.916. The molecule has 1 N–H and O–H groups in total. The van der Waals surface area contributed by atoms with Crippen molar-refractivity contribution in [2.75, 3.05) is 11.4 Å². The van der Waals surface area contributed by atoms with E-state index in [1.165, 1.54) is 0 Å². The molecule has 0 fully saturated rings. The molecule has 20 heavy (non-hydrogen) atoms. The van der Waals surface area contributed by atoms with Gasteiger partial charge < -0.3 is 14.4 Å². The third-order valence-corrected chi connectivity index (χ3v) is 3.46. The van der Waals surface area contributed by atoms with Crippen LogP contribution in [0.25, 0.3) is 0 Å². The maximum Gasteiger partial charge on any atom is 0.335 e.